The topological polar surface area (TPSA) is 68.0 Å². The van der Waals surface area contributed by atoms with Crippen LogP contribution in [0, 0.1) is 6.92 Å². The lowest BCUT2D eigenvalue weighted by Gasteiger charge is -2.08. The number of carboxylic acid groups (broad SMARTS) is 1. The van der Waals surface area contributed by atoms with E-state index in [9.17, 15) is 4.79 Å². The number of fused-ring (bicyclic) bond motifs is 1. The third-order valence-electron chi connectivity index (χ3n) is 3.16. The zero-order valence-corrected chi connectivity index (χ0v) is 12.1. The van der Waals surface area contributed by atoms with Gasteiger partial charge < -0.3 is 5.11 Å². The molecule has 6 heteroatoms. The van der Waals surface area contributed by atoms with Crippen molar-refractivity contribution in [3.05, 3.63) is 52.0 Å². The fourth-order valence-electron chi connectivity index (χ4n) is 2.06. The molecule has 0 aliphatic carbocycles. The maximum atomic E-state index is 11.1. The van der Waals surface area contributed by atoms with Gasteiger partial charge in [-0.1, -0.05) is 27.2 Å². The maximum absolute atomic E-state index is 11.1. The highest BCUT2D eigenvalue weighted by atomic mass is 79.9. The second-order valence-electron chi connectivity index (χ2n) is 4.39. The van der Waals surface area contributed by atoms with E-state index in [1.54, 1.807) is 16.8 Å². The van der Waals surface area contributed by atoms with Crippen LogP contribution in [-0.4, -0.2) is 26.1 Å². The smallest absolute Gasteiger partial charge is 0.335 e. The normalized spacial score (nSPS) is 10.9. The summed E-state index contributed by atoms with van der Waals surface area (Å²) in [4.78, 5) is 11.1. The summed E-state index contributed by atoms with van der Waals surface area (Å²) >= 11 is 3.48. The van der Waals surface area contributed by atoms with Gasteiger partial charge in [-0.05, 0) is 42.8 Å². The Hall–Kier alpha value is -2.21. The molecule has 3 rings (SSSR count). The first-order chi connectivity index (χ1) is 9.58. The van der Waals surface area contributed by atoms with Crippen molar-refractivity contribution in [1.82, 2.24) is 15.0 Å². The van der Waals surface area contributed by atoms with Crippen LogP contribution in [0.5, 0.6) is 0 Å². The number of aromatic carboxylic acids is 1. The molecule has 0 aliphatic heterocycles. The molecule has 0 amide bonds. The molecule has 0 saturated heterocycles. The van der Waals surface area contributed by atoms with Crippen molar-refractivity contribution in [3.8, 4) is 5.69 Å². The Balaban J connectivity index is 2.28. The van der Waals surface area contributed by atoms with E-state index in [1.807, 2.05) is 25.1 Å². The fourth-order valence-corrected chi connectivity index (χ4v) is 2.41. The van der Waals surface area contributed by atoms with Crippen LogP contribution >= 0.6 is 15.9 Å². The summed E-state index contributed by atoms with van der Waals surface area (Å²) in [6.45, 7) is 1.97. The van der Waals surface area contributed by atoms with Gasteiger partial charge in [-0.3, -0.25) is 0 Å². The molecule has 0 bridgehead atoms. The Morgan fingerprint density at radius 2 is 2.10 bits per heavy atom. The quantitative estimate of drug-likeness (QED) is 0.783. The van der Waals surface area contributed by atoms with E-state index in [2.05, 4.69) is 26.2 Å². The highest BCUT2D eigenvalue weighted by Crippen LogP contribution is 2.25. The predicted octanol–water partition coefficient (Wildman–Crippen LogP) is 3.19. The maximum Gasteiger partial charge on any atom is 0.335 e. The third-order valence-corrected chi connectivity index (χ3v) is 4.02. The Bertz CT molecular complexity index is 826. The van der Waals surface area contributed by atoms with Crippen LogP contribution in [0.1, 0.15) is 15.9 Å². The fraction of sp³-hybridized carbons (Fsp3) is 0.0714. The van der Waals surface area contributed by atoms with Gasteiger partial charge in [0.25, 0.3) is 0 Å². The molecule has 0 radical (unpaired) electrons. The number of aromatic nitrogens is 3. The summed E-state index contributed by atoms with van der Waals surface area (Å²) < 4.78 is 2.62. The lowest BCUT2D eigenvalue weighted by molar-refractivity contribution is 0.0697. The minimum Gasteiger partial charge on any atom is -0.478 e. The van der Waals surface area contributed by atoms with Crippen LogP contribution in [0.4, 0.5) is 0 Å². The van der Waals surface area contributed by atoms with Crippen molar-refractivity contribution in [2.45, 2.75) is 6.92 Å². The molecule has 0 atom stereocenters. The number of benzene rings is 2. The second kappa shape index (κ2) is 4.72. The van der Waals surface area contributed by atoms with Crippen molar-refractivity contribution in [1.29, 1.82) is 0 Å². The van der Waals surface area contributed by atoms with Gasteiger partial charge in [0.1, 0.15) is 5.52 Å². The number of hydrogen-bond acceptors (Lipinski definition) is 3. The van der Waals surface area contributed by atoms with Gasteiger partial charge in [0.2, 0.25) is 0 Å². The van der Waals surface area contributed by atoms with Gasteiger partial charge in [0.15, 0.2) is 0 Å². The molecule has 0 aliphatic rings. The number of hydrogen-bond donors (Lipinski definition) is 1. The summed E-state index contributed by atoms with van der Waals surface area (Å²) in [5, 5.41) is 17.3. The summed E-state index contributed by atoms with van der Waals surface area (Å²) in [6.07, 6.45) is 0. The van der Waals surface area contributed by atoms with Crippen molar-refractivity contribution in [2.75, 3.05) is 0 Å². The first-order valence-electron chi connectivity index (χ1n) is 5.92. The molecule has 0 saturated carbocycles. The average molecular weight is 332 g/mol. The number of carboxylic acids is 1. The van der Waals surface area contributed by atoms with Gasteiger partial charge in [-0.25, -0.2) is 9.48 Å². The van der Waals surface area contributed by atoms with Gasteiger partial charge in [0, 0.05) is 4.47 Å². The molecule has 20 heavy (non-hydrogen) atoms. The van der Waals surface area contributed by atoms with Crippen molar-refractivity contribution in [2.24, 2.45) is 0 Å². The Labute approximate surface area is 123 Å². The lowest BCUT2D eigenvalue weighted by Crippen LogP contribution is -2.01. The monoisotopic (exact) mass is 331 g/mol. The number of nitrogens with zero attached hydrogens (tertiary/aromatic N) is 3. The molecule has 5 nitrogen and oxygen atoms in total. The summed E-state index contributed by atoms with van der Waals surface area (Å²) in [5.41, 5.74) is 3.43. The molecule has 1 heterocycles. The van der Waals surface area contributed by atoms with Crippen LogP contribution in [0.3, 0.4) is 0 Å². The van der Waals surface area contributed by atoms with Crippen molar-refractivity contribution >= 4 is 32.9 Å². The van der Waals surface area contributed by atoms with Gasteiger partial charge >= 0.3 is 5.97 Å². The minimum absolute atomic E-state index is 0.216. The highest BCUT2D eigenvalue weighted by Gasteiger charge is 2.12. The first-order valence-corrected chi connectivity index (χ1v) is 6.71. The molecular formula is C14H10BrN3O2. The summed E-state index contributed by atoms with van der Waals surface area (Å²) in [7, 11) is 0. The summed E-state index contributed by atoms with van der Waals surface area (Å²) in [5.74, 6) is -0.967. The van der Waals surface area contributed by atoms with E-state index in [1.165, 1.54) is 6.07 Å². The Morgan fingerprint density at radius 3 is 2.85 bits per heavy atom. The Kier molecular flexibility index (Phi) is 3.02. The molecule has 0 unspecified atom stereocenters. The van der Waals surface area contributed by atoms with E-state index < -0.39 is 5.97 Å². The molecule has 2 aromatic carbocycles. The number of carbonyl (C=O) groups is 1. The molecule has 1 N–H and O–H groups in total. The summed E-state index contributed by atoms with van der Waals surface area (Å²) in [6, 6.07) is 10.5. The molecule has 1 aromatic heterocycles. The molecule has 100 valence electrons. The zero-order valence-electron chi connectivity index (χ0n) is 10.5. The third kappa shape index (κ3) is 1.98. The van der Waals surface area contributed by atoms with Crippen LogP contribution < -0.4 is 0 Å². The number of halogens is 1. The Morgan fingerprint density at radius 1 is 1.30 bits per heavy atom. The van der Waals surface area contributed by atoms with Gasteiger partial charge in [0.05, 0.1) is 16.8 Å². The largest absolute Gasteiger partial charge is 0.478 e. The van der Waals surface area contributed by atoms with Gasteiger partial charge in [-0.2, -0.15) is 0 Å². The average Bonchev–Trinajstić information content (AvgIpc) is 2.84. The predicted molar refractivity (Wildman–Crippen MR) is 78.3 cm³/mol. The van der Waals surface area contributed by atoms with Crippen molar-refractivity contribution < 1.29 is 9.90 Å². The highest BCUT2D eigenvalue weighted by molar-refractivity contribution is 9.10. The standard InChI is InChI=1S/C14H10BrN3O2/c1-8-10(15)3-2-4-12(8)18-13-7-9(14(19)20)5-6-11(13)16-17-18/h2-7H,1H3,(H,19,20). The van der Waals surface area contributed by atoms with E-state index >= 15 is 0 Å². The number of rotatable bonds is 2. The van der Waals surface area contributed by atoms with E-state index in [0.717, 1.165) is 15.7 Å². The van der Waals surface area contributed by atoms with E-state index in [-0.39, 0.29) is 5.56 Å². The zero-order chi connectivity index (χ0) is 14.3. The SMILES string of the molecule is Cc1c(Br)cccc1-n1nnc2ccc(C(=O)O)cc21. The van der Waals surface area contributed by atoms with E-state index in [4.69, 9.17) is 5.11 Å². The van der Waals surface area contributed by atoms with Gasteiger partial charge in [-0.15, -0.1) is 5.10 Å². The van der Waals surface area contributed by atoms with Crippen LogP contribution in [0.2, 0.25) is 0 Å². The first kappa shape index (κ1) is 12.8. The molecular weight excluding hydrogens is 322 g/mol. The molecule has 3 aromatic rings. The molecule has 0 spiro atoms. The molecule has 0 fully saturated rings. The minimum atomic E-state index is -0.967. The van der Waals surface area contributed by atoms with Crippen LogP contribution in [-0.2, 0) is 0 Å². The van der Waals surface area contributed by atoms with Crippen molar-refractivity contribution in [3.63, 3.8) is 0 Å². The van der Waals surface area contributed by atoms with Crippen LogP contribution in [0.25, 0.3) is 16.7 Å². The van der Waals surface area contributed by atoms with Crippen LogP contribution in [0.15, 0.2) is 40.9 Å². The van der Waals surface area contributed by atoms with E-state index in [0.29, 0.717) is 11.0 Å². The second-order valence-corrected chi connectivity index (χ2v) is 5.25. The lowest BCUT2D eigenvalue weighted by atomic mass is 10.1.